The fourth-order valence-corrected chi connectivity index (χ4v) is 1.47. The number of rotatable bonds is 2. The van der Waals surface area contributed by atoms with E-state index >= 15 is 0 Å². The van der Waals surface area contributed by atoms with Gasteiger partial charge < -0.3 is 4.74 Å². The lowest BCUT2D eigenvalue weighted by Crippen LogP contribution is -3.12. The monoisotopic (exact) mass is 204 g/mol. The minimum Gasteiger partial charge on any atom is -0.497 e. The zero-order chi connectivity index (χ0) is 10.8. The van der Waals surface area contributed by atoms with Gasteiger partial charge in [-0.1, -0.05) is 10.2 Å². The Morgan fingerprint density at radius 1 is 1.13 bits per heavy atom. The van der Waals surface area contributed by atoms with E-state index in [1.165, 1.54) is 0 Å². The molecule has 1 aromatic rings. The summed E-state index contributed by atoms with van der Waals surface area (Å²) in [6.07, 6.45) is 0. The van der Waals surface area contributed by atoms with E-state index in [2.05, 4.69) is 10.2 Å². The highest BCUT2D eigenvalue weighted by atomic mass is 16.5. The van der Waals surface area contributed by atoms with Crippen LogP contribution in [0.3, 0.4) is 0 Å². The van der Waals surface area contributed by atoms with Crippen molar-refractivity contribution in [2.45, 2.75) is 6.92 Å². The van der Waals surface area contributed by atoms with Crippen LogP contribution in [0.1, 0.15) is 12.5 Å². The summed E-state index contributed by atoms with van der Waals surface area (Å²) >= 11 is 0. The molecule has 4 heteroatoms. The van der Waals surface area contributed by atoms with Crippen molar-refractivity contribution in [3.05, 3.63) is 29.8 Å². The molecule has 0 aromatic heterocycles. The Balaban J connectivity index is 2.25. The molecule has 0 fully saturated rings. The highest BCUT2D eigenvalue weighted by Gasteiger charge is 2.23. The average Bonchev–Trinajstić information content (AvgIpc) is 2.60. The molecule has 0 radical (unpaired) electrons. The SMILES string of the molecule is COc1ccc(C2=NN=C(C)[NH+]2C)cc1. The van der Waals surface area contributed by atoms with E-state index in [4.69, 9.17) is 4.74 Å². The molecule has 4 nitrogen and oxygen atoms in total. The third-order valence-electron chi connectivity index (χ3n) is 2.56. The number of quaternary nitrogens is 1. The van der Waals surface area contributed by atoms with E-state index in [-0.39, 0.29) is 0 Å². The van der Waals surface area contributed by atoms with Crippen LogP contribution in [0.5, 0.6) is 5.75 Å². The second-order valence-corrected chi connectivity index (χ2v) is 3.49. The van der Waals surface area contributed by atoms with Crippen LogP contribution < -0.4 is 9.64 Å². The van der Waals surface area contributed by atoms with Crippen LogP contribution in [0.25, 0.3) is 0 Å². The van der Waals surface area contributed by atoms with E-state index in [0.29, 0.717) is 0 Å². The highest BCUT2D eigenvalue weighted by Crippen LogP contribution is 2.11. The number of hydrogen-bond donors (Lipinski definition) is 1. The van der Waals surface area contributed by atoms with E-state index in [1.54, 1.807) is 7.11 Å². The van der Waals surface area contributed by atoms with Gasteiger partial charge in [-0.25, -0.2) is 4.90 Å². The predicted octanol–water partition coefficient (Wildman–Crippen LogP) is 0.303. The van der Waals surface area contributed by atoms with Crippen LogP contribution in [0, 0.1) is 0 Å². The number of ether oxygens (including phenoxy) is 1. The Morgan fingerprint density at radius 2 is 1.80 bits per heavy atom. The molecule has 0 amide bonds. The zero-order valence-corrected chi connectivity index (χ0v) is 9.11. The third-order valence-corrected chi connectivity index (χ3v) is 2.56. The number of hydrogen-bond acceptors (Lipinski definition) is 3. The lowest BCUT2D eigenvalue weighted by molar-refractivity contribution is -0.671. The summed E-state index contributed by atoms with van der Waals surface area (Å²) in [5, 5.41) is 8.20. The maximum Gasteiger partial charge on any atom is 0.258 e. The van der Waals surface area contributed by atoms with E-state index in [0.717, 1.165) is 27.9 Å². The van der Waals surface area contributed by atoms with Gasteiger partial charge in [0.15, 0.2) is 0 Å². The van der Waals surface area contributed by atoms with Crippen molar-refractivity contribution < 1.29 is 9.64 Å². The minimum atomic E-state index is 0.854. The van der Waals surface area contributed by atoms with Gasteiger partial charge >= 0.3 is 0 Å². The van der Waals surface area contributed by atoms with Crippen molar-refractivity contribution in [2.24, 2.45) is 10.2 Å². The predicted molar refractivity (Wildman–Crippen MR) is 59.5 cm³/mol. The molecule has 0 aliphatic carbocycles. The number of benzene rings is 1. The average molecular weight is 204 g/mol. The summed E-state index contributed by atoms with van der Waals surface area (Å²) in [5.41, 5.74) is 1.08. The molecule has 2 rings (SSSR count). The molecule has 1 aliphatic heterocycles. The molecule has 1 aromatic carbocycles. The molecule has 0 spiro atoms. The van der Waals surface area contributed by atoms with E-state index < -0.39 is 0 Å². The molecule has 1 aliphatic rings. The lowest BCUT2D eigenvalue weighted by Gasteiger charge is -2.07. The summed E-state index contributed by atoms with van der Waals surface area (Å²) in [6.45, 7) is 1.97. The van der Waals surface area contributed by atoms with Crippen LogP contribution in [0.2, 0.25) is 0 Å². The molecular formula is C11H14N3O+. The van der Waals surface area contributed by atoms with Crippen molar-refractivity contribution in [2.75, 3.05) is 14.2 Å². The molecule has 0 saturated heterocycles. The fourth-order valence-electron chi connectivity index (χ4n) is 1.47. The molecule has 78 valence electrons. The molecule has 0 saturated carbocycles. The number of nitrogens with zero attached hydrogens (tertiary/aromatic N) is 2. The molecule has 1 heterocycles. The van der Waals surface area contributed by atoms with Crippen LogP contribution in [0.15, 0.2) is 34.5 Å². The normalized spacial score (nSPS) is 19.8. The molecule has 1 unspecified atom stereocenters. The van der Waals surface area contributed by atoms with Gasteiger partial charge in [-0.3, -0.25) is 0 Å². The highest BCUT2D eigenvalue weighted by molar-refractivity contribution is 6.00. The number of nitrogens with one attached hydrogen (secondary N) is 1. The first-order chi connectivity index (χ1) is 7.22. The van der Waals surface area contributed by atoms with Crippen LogP contribution in [0.4, 0.5) is 0 Å². The smallest absolute Gasteiger partial charge is 0.258 e. The van der Waals surface area contributed by atoms with Crippen LogP contribution in [-0.4, -0.2) is 25.8 Å². The van der Waals surface area contributed by atoms with Gasteiger partial charge in [0.1, 0.15) is 5.75 Å². The van der Waals surface area contributed by atoms with Gasteiger partial charge in [-0.2, -0.15) is 0 Å². The first-order valence-corrected chi connectivity index (χ1v) is 4.83. The summed E-state index contributed by atoms with van der Waals surface area (Å²) in [7, 11) is 3.70. The second-order valence-electron chi connectivity index (χ2n) is 3.49. The first kappa shape index (κ1) is 9.86. The summed E-state index contributed by atoms with van der Waals surface area (Å²) < 4.78 is 5.10. The maximum absolute atomic E-state index is 5.10. The summed E-state index contributed by atoms with van der Waals surface area (Å²) in [6, 6.07) is 7.85. The second kappa shape index (κ2) is 3.82. The van der Waals surface area contributed by atoms with Crippen LogP contribution in [-0.2, 0) is 0 Å². The Hall–Kier alpha value is -1.68. The third kappa shape index (κ3) is 1.76. The van der Waals surface area contributed by atoms with Gasteiger partial charge in [-0.15, -0.1) is 0 Å². The maximum atomic E-state index is 5.10. The molecule has 1 atom stereocenters. The van der Waals surface area contributed by atoms with Crippen molar-refractivity contribution in [1.29, 1.82) is 0 Å². The van der Waals surface area contributed by atoms with Gasteiger partial charge in [0.05, 0.1) is 19.7 Å². The molecule has 15 heavy (non-hydrogen) atoms. The van der Waals surface area contributed by atoms with Crippen molar-refractivity contribution in [1.82, 2.24) is 0 Å². The minimum absolute atomic E-state index is 0.854. The first-order valence-electron chi connectivity index (χ1n) is 4.83. The Kier molecular flexibility index (Phi) is 2.51. The summed E-state index contributed by atoms with van der Waals surface area (Å²) in [5.74, 6) is 2.80. The Bertz CT molecular complexity index is 420. The van der Waals surface area contributed by atoms with Crippen LogP contribution >= 0.6 is 0 Å². The number of amidine groups is 2. The molecule has 0 bridgehead atoms. The molecule has 1 N–H and O–H groups in total. The Morgan fingerprint density at radius 3 is 2.27 bits per heavy atom. The van der Waals surface area contributed by atoms with Crippen molar-refractivity contribution >= 4 is 11.7 Å². The van der Waals surface area contributed by atoms with Gasteiger partial charge in [0, 0.05) is 6.92 Å². The quantitative estimate of drug-likeness (QED) is 0.739. The standard InChI is InChI=1S/C11H13N3O/c1-8-12-13-11(14(8)2)9-4-6-10(15-3)7-5-9/h4-7H,1-3H3/p+1. The zero-order valence-electron chi connectivity index (χ0n) is 9.11. The Labute approximate surface area is 88.9 Å². The number of methoxy groups -OCH3 is 1. The van der Waals surface area contributed by atoms with Crippen molar-refractivity contribution in [3.63, 3.8) is 0 Å². The lowest BCUT2D eigenvalue weighted by atomic mass is 10.2. The largest absolute Gasteiger partial charge is 0.497 e. The van der Waals surface area contributed by atoms with Gasteiger partial charge in [0.25, 0.3) is 5.84 Å². The van der Waals surface area contributed by atoms with Crippen molar-refractivity contribution in [3.8, 4) is 5.75 Å². The fraction of sp³-hybridized carbons (Fsp3) is 0.273. The molecular weight excluding hydrogens is 190 g/mol. The van der Waals surface area contributed by atoms with E-state index in [9.17, 15) is 0 Å². The topological polar surface area (TPSA) is 38.4 Å². The van der Waals surface area contributed by atoms with Gasteiger partial charge in [0.2, 0.25) is 5.84 Å². The summed E-state index contributed by atoms with van der Waals surface area (Å²) in [4.78, 5) is 1.14. The van der Waals surface area contributed by atoms with E-state index in [1.807, 2.05) is 38.2 Å². The van der Waals surface area contributed by atoms with Gasteiger partial charge in [-0.05, 0) is 24.3 Å².